The molecule has 3 N–H and O–H groups in total. The van der Waals surface area contributed by atoms with Crippen molar-refractivity contribution in [1.82, 2.24) is 10.2 Å². The lowest BCUT2D eigenvalue weighted by Crippen LogP contribution is -2.38. The van der Waals surface area contributed by atoms with Crippen molar-refractivity contribution in [3.63, 3.8) is 0 Å². The highest BCUT2D eigenvalue weighted by atomic mass is 16.5. The van der Waals surface area contributed by atoms with E-state index in [1.807, 2.05) is 20.9 Å². The average molecular weight is 263 g/mol. The number of rotatable bonds is 3. The second kappa shape index (κ2) is 5.52. The van der Waals surface area contributed by atoms with E-state index in [9.17, 15) is 0 Å². The first-order chi connectivity index (χ1) is 9.02. The normalized spacial score (nSPS) is 16.4. The number of aromatic nitrogens is 2. The van der Waals surface area contributed by atoms with E-state index in [1.54, 1.807) is 0 Å². The zero-order chi connectivity index (χ0) is 14.0. The van der Waals surface area contributed by atoms with E-state index in [2.05, 4.69) is 15.1 Å². The van der Waals surface area contributed by atoms with Crippen molar-refractivity contribution in [1.29, 1.82) is 5.41 Å². The van der Waals surface area contributed by atoms with Gasteiger partial charge < -0.3 is 15.4 Å². The minimum Gasteiger partial charge on any atom is -0.384 e. The van der Waals surface area contributed by atoms with Crippen molar-refractivity contribution >= 4 is 11.7 Å². The summed E-state index contributed by atoms with van der Waals surface area (Å²) in [7, 11) is 1.99. The predicted octanol–water partition coefficient (Wildman–Crippen LogP) is 0.993. The molecule has 0 radical (unpaired) electrons. The third kappa shape index (κ3) is 2.68. The van der Waals surface area contributed by atoms with Gasteiger partial charge in [0.1, 0.15) is 5.84 Å². The molecule has 104 valence electrons. The van der Waals surface area contributed by atoms with Crippen LogP contribution in [0, 0.1) is 19.3 Å². The summed E-state index contributed by atoms with van der Waals surface area (Å²) in [6, 6.07) is 0.364. The average Bonchev–Trinajstić information content (AvgIpc) is 2.41. The lowest BCUT2D eigenvalue weighted by atomic mass is 10.0. The Balaban J connectivity index is 2.38. The summed E-state index contributed by atoms with van der Waals surface area (Å²) in [5, 5.41) is 16.2. The lowest BCUT2D eigenvalue weighted by molar-refractivity contribution is 0.0853. The minimum absolute atomic E-state index is 0.0457. The molecule has 0 bridgehead atoms. The quantitative estimate of drug-likeness (QED) is 0.627. The van der Waals surface area contributed by atoms with E-state index in [0.29, 0.717) is 17.4 Å². The van der Waals surface area contributed by atoms with Crippen LogP contribution in [0.1, 0.15) is 29.7 Å². The van der Waals surface area contributed by atoms with Gasteiger partial charge in [-0.15, -0.1) is 5.10 Å². The van der Waals surface area contributed by atoms with Crippen molar-refractivity contribution < 1.29 is 4.74 Å². The van der Waals surface area contributed by atoms with Gasteiger partial charge >= 0.3 is 0 Å². The van der Waals surface area contributed by atoms with E-state index in [1.165, 1.54) is 0 Å². The molecule has 1 saturated heterocycles. The molecule has 6 nitrogen and oxygen atoms in total. The van der Waals surface area contributed by atoms with Crippen molar-refractivity contribution in [2.75, 3.05) is 25.2 Å². The third-order valence-corrected chi connectivity index (χ3v) is 3.78. The van der Waals surface area contributed by atoms with Crippen molar-refractivity contribution in [3.8, 4) is 0 Å². The molecular weight excluding hydrogens is 242 g/mol. The summed E-state index contributed by atoms with van der Waals surface area (Å²) in [5.74, 6) is 0.743. The molecule has 0 unspecified atom stereocenters. The number of nitrogens with one attached hydrogen (secondary N) is 1. The first kappa shape index (κ1) is 13.7. The van der Waals surface area contributed by atoms with Gasteiger partial charge in [0.2, 0.25) is 0 Å². The van der Waals surface area contributed by atoms with Crippen molar-refractivity contribution in [2.24, 2.45) is 5.73 Å². The molecule has 0 aliphatic carbocycles. The Kier molecular flexibility index (Phi) is 3.99. The summed E-state index contributed by atoms with van der Waals surface area (Å²) in [6.07, 6.45) is 1.92. The monoisotopic (exact) mass is 263 g/mol. The Hall–Kier alpha value is -1.69. The van der Waals surface area contributed by atoms with E-state index >= 15 is 0 Å². The zero-order valence-corrected chi connectivity index (χ0v) is 11.7. The van der Waals surface area contributed by atoms with Gasteiger partial charge in [0.05, 0.1) is 11.3 Å². The first-order valence-electron chi connectivity index (χ1n) is 6.51. The molecule has 1 aliphatic heterocycles. The maximum absolute atomic E-state index is 7.78. The molecule has 6 heteroatoms. The number of amidine groups is 1. The standard InChI is InChI=1S/C13H21N5O/c1-8-9(2)16-17-13(11(8)12(14)15)18(3)10-4-6-19-7-5-10/h10H,4-7H2,1-3H3,(H3,14,15). The maximum Gasteiger partial charge on any atom is 0.162 e. The lowest BCUT2D eigenvalue weighted by Gasteiger charge is -2.33. The van der Waals surface area contributed by atoms with Crippen LogP contribution < -0.4 is 10.6 Å². The summed E-state index contributed by atoms with van der Waals surface area (Å²) in [6.45, 7) is 5.35. The third-order valence-electron chi connectivity index (χ3n) is 3.78. The van der Waals surface area contributed by atoms with Crippen LogP contribution in [0.25, 0.3) is 0 Å². The van der Waals surface area contributed by atoms with Crippen LogP contribution in [0.3, 0.4) is 0 Å². The number of nitrogens with zero attached hydrogens (tertiary/aromatic N) is 3. The number of nitrogens with two attached hydrogens (primary N) is 1. The number of aryl methyl sites for hydroxylation is 1. The first-order valence-corrected chi connectivity index (χ1v) is 6.51. The van der Waals surface area contributed by atoms with E-state index in [-0.39, 0.29) is 5.84 Å². The van der Waals surface area contributed by atoms with Gasteiger partial charge in [-0.3, -0.25) is 5.41 Å². The van der Waals surface area contributed by atoms with Crippen LogP contribution in [-0.2, 0) is 4.74 Å². The zero-order valence-electron chi connectivity index (χ0n) is 11.7. The molecule has 0 amide bonds. The van der Waals surface area contributed by atoms with Gasteiger partial charge in [0.15, 0.2) is 5.82 Å². The Morgan fingerprint density at radius 1 is 1.32 bits per heavy atom. The molecule has 0 saturated carbocycles. The summed E-state index contributed by atoms with van der Waals surface area (Å²) in [5.41, 5.74) is 8.15. The number of ether oxygens (including phenoxy) is 1. The minimum atomic E-state index is 0.0457. The molecule has 19 heavy (non-hydrogen) atoms. The predicted molar refractivity (Wildman–Crippen MR) is 74.8 cm³/mol. The summed E-state index contributed by atoms with van der Waals surface area (Å²) in [4.78, 5) is 2.08. The topological polar surface area (TPSA) is 88.1 Å². The molecule has 0 aromatic carbocycles. The highest BCUT2D eigenvalue weighted by Gasteiger charge is 2.24. The fraction of sp³-hybridized carbons (Fsp3) is 0.615. The molecule has 1 fully saturated rings. The van der Waals surface area contributed by atoms with Crippen molar-refractivity contribution in [3.05, 3.63) is 16.8 Å². The highest BCUT2D eigenvalue weighted by molar-refractivity contribution is 6.01. The molecular formula is C13H21N5O. The van der Waals surface area contributed by atoms with Gasteiger partial charge in [0.25, 0.3) is 0 Å². The number of hydrogen-bond acceptors (Lipinski definition) is 5. The summed E-state index contributed by atoms with van der Waals surface area (Å²) >= 11 is 0. The fourth-order valence-electron chi connectivity index (χ4n) is 2.41. The number of nitrogen functional groups attached to an aromatic ring is 1. The Labute approximate surface area is 113 Å². The van der Waals surface area contributed by atoms with Crippen LogP contribution in [-0.4, -0.2) is 42.3 Å². The van der Waals surface area contributed by atoms with E-state index < -0.39 is 0 Å². The van der Waals surface area contributed by atoms with Gasteiger partial charge in [0, 0.05) is 26.3 Å². The molecule has 1 aliphatic rings. The van der Waals surface area contributed by atoms with Crippen LogP contribution in [0.5, 0.6) is 0 Å². The molecule has 0 spiro atoms. The van der Waals surface area contributed by atoms with Gasteiger partial charge in [-0.2, -0.15) is 5.10 Å². The van der Waals surface area contributed by atoms with E-state index in [4.69, 9.17) is 15.9 Å². The second-order valence-electron chi connectivity index (χ2n) is 4.98. The Morgan fingerprint density at radius 3 is 2.53 bits per heavy atom. The molecule has 2 heterocycles. The number of hydrogen-bond donors (Lipinski definition) is 2. The molecule has 1 aromatic heterocycles. The van der Waals surface area contributed by atoms with Gasteiger partial charge in [-0.1, -0.05) is 0 Å². The van der Waals surface area contributed by atoms with E-state index in [0.717, 1.165) is 37.3 Å². The highest BCUT2D eigenvalue weighted by Crippen LogP contribution is 2.25. The summed E-state index contributed by atoms with van der Waals surface area (Å²) < 4.78 is 5.38. The smallest absolute Gasteiger partial charge is 0.162 e. The van der Waals surface area contributed by atoms with Crippen molar-refractivity contribution in [2.45, 2.75) is 32.7 Å². The van der Waals surface area contributed by atoms with Crippen LogP contribution >= 0.6 is 0 Å². The van der Waals surface area contributed by atoms with Crippen LogP contribution in [0.4, 0.5) is 5.82 Å². The Bertz CT molecular complexity index is 482. The molecule has 1 aromatic rings. The number of anilines is 1. The van der Waals surface area contributed by atoms with Crippen LogP contribution in [0.15, 0.2) is 0 Å². The van der Waals surface area contributed by atoms with Gasteiger partial charge in [-0.25, -0.2) is 0 Å². The SMILES string of the molecule is Cc1nnc(N(C)C2CCOCC2)c(C(=N)N)c1C. The fourth-order valence-corrected chi connectivity index (χ4v) is 2.41. The largest absolute Gasteiger partial charge is 0.384 e. The molecule has 2 rings (SSSR count). The Morgan fingerprint density at radius 2 is 1.95 bits per heavy atom. The maximum atomic E-state index is 7.78. The van der Waals surface area contributed by atoms with Gasteiger partial charge in [-0.05, 0) is 32.3 Å². The van der Waals surface area contributed by atoms with Crippen LogP contribution in [0.2, 0.25) is 0 Å². The molecule has 0 atom stereocenters. The second-order valence-corrected chi connectivity index (χ2v) is 4.98.